The number of Topliss-reactive ketones (excluding diaryl/α,β-unsaturated/α-hetero) is 1. The van der Waals surface area contributed by atoms with Gasteiger partial charge in [-0.1, -0.05) is 13.3 Å². The van der Waals surface area contributed by atoms with Gasteiger partial charge in [0.25, 0.3) is 0 Å². The van der Waals surface area contributed by atoms with Crippen molar-refractivity contribution in [3.8, 4) is 0 Å². The smallest absolute Gasteiger partial charge is 0.298 e. The molecule has 4 nitrogen and oxygen atoms in total. The Morgan fingerprint density at radius 2 is 1.90 bits per heavy atom. The van der Waals surface area contributed by atoms with E-state index < -0.39 is 31.2 Å². The van der Waals surface area contributed by atoms with Crippen LogP contribution in [0, 0.1) is 0 Å². The molecule has 0 aromatic rings. The molecule has 9 heteroatoms. The highest BCUT2D eigenvalue weighted by Gasteiger charge is 2.52. The van der Waals surface area contributed by atoms with Crippen molar-refractivity contribution in [2.75, 3.05) is 12.0 Å². The van der Waals surface area contributed by atoms with Crippen LogP contribution in [-0.2, 0) is 18.5 Å². The first-order valence-electron chi connectivity index (χ1n) is 6.33. The minimum Gasteiger partial charge on any atom is -0.298 e. The molecule has 1 aliphatic rings. The maximum atomic E-state index is 12.5. The molecule has 0 saturated heterocycles. The Bertz CT molecular complexity index is 461. The fourth-order valence-corrected chi connectivity index (χ4v) is 7.38. The van der Waals surface area contributed by atoms with Crippen molar-refractivity contribution in [3.63, 3.8) is 0 Å². The summed E-state index contributed by atoms with van der Waals surface area (Å²) >= 11 is 0. The van der Waals surface area contributed by atoms with Crippen molar-refractivity contribution in [3.05, 3.63) is 0 Å². The number of carbonyl (C=O) groups excluding carboxylic acids is 1. The van der Waals surface area contributed by atoms with Gasteiger partial charge < -0.3 is 0 Å². The van der Waals surface area contributed by atoms with E-state index >= 15 is 0 Å². The van der Waals surface area contributed by atoms with Gasteiger partial charge in [0.2, 0.25) is 0 Å². The van der Waals surface area contributed by atoms with Crippen LogP contribution in [0.2, 0.25) is 0 Å². The Morgan fingerprint density at radius 3 is 2.35 bits per heavy atom. The molecule has 0 radical (unpaired) electrons. The Hall–Kier alpha value is -0.280. The second kappa shape index (κ2) is 6.23. The fraction of sp³-hybridized carbons (Fsp3) is 0.909. The lowest BCUT2D eigenvalue weighted by Crippen LogP contribution is -2.36. The highest BCUT2D eigenvalue weighted by Crippen LogP contribution is 2.56. The molecule has 0 aromatic heterocycles. The van der Waals surface area contributed by atoms with Crippen LogP contribution in [0.1, 0.15) is 39.0 Å². The Kier molecular flexibility index (Phi) is 5.53. The molecule has 2 atom stereocenters. The predicted octanol–water partition coefficient (Wildman–Crippen LogP) is 3.12. The van der Waals surface area contributed by atoms with Gasteiger partial charge in [-0.25, -0.2) is 3.63 Å². The summed E-state index contributed by atoms with van der Waals surface area (Å²) in [7, 11) is -8.30. The third-order valence-corrected chi connectivity index (χ3v) is 8.69. The number of halogens is 3. The van der Waals surface area contributed by atoms with Gasteiger partial charge in [-0.3, -0.25) is 4.79 Å². The summed E-state index contributed by atoms with van der Waals surface area (Å²) in [6.07, 6.45) is 3.92. The SMILES string of the molecule is CCCS(C)(OS(=O)(=O)C(F)(F)F)C1CCCCC1=O. The molecular formula is C11H19F3O4S2. The van der Waals surface area contributed by atoms with Crippen LogP contribution < -0.4 is 0 Å². The zero-order valence-electron chi connectivity index (χ0n) is 11.4. The van der Waals surface area contributed by atoms with E-state index in [0.717, 1.165) is 0 Å². The van der Waals surface area contributed by atoms with Gasteiger partial charge in [-0.05, 0) is 25.5 Å². The molecule has 1 saturated carbocycles. The van der Waals surface area contributed by atoms with E-state index in [2.05, 4.69) is 3.63 Å². The molecule has 1 aliphatic carbocycles. The van der Waals surface area contributed by atoms with Crippen LogP contribution in [0.15, 0.2) is 0 Å². The maximum absolute atomic E-state index is 12.5. The van der Waals surface area contributed by atoms with Gasteiger partial charge in [0.05, 0.1) is 5.25 Å². The molecule has 0 spiro atoms. The topological polar surface area (TPSA) is 60.4 Å². The van der Waals surface area contributed by atoms with E-state index in [9.17, 15) is 26.4 Å². The standard InChI is InChI=1S/C11H19F3O4S2/c1-3-8-19(2,10-7-5-4-6-9(10)15)18-20(16,17)11(12,13)14/h10H,3-8H2,1-2H3. The number of hydrogen-bond acceptors (Lipinski definition) is 4. The first kappa shape index (κ1) is 17.8. The van der Waals surface area contributed by atoms with E-state index in [1.54, 1.807) is 6.92 Å². The summed E-state index contributed by atoms with van der Waals surface area (Å²) in [5.74, 6) is -0.0156. The van der Waals surface area contributed by atoms with Crippen molar-refractivity contribution in [2.24, 2.45) is 0 Å². The molecule has 0 amide bonds. The number of hydrogen-bond donors (Lipinski definition) is 0. The Labute approximate surface area is 118 Å². The second-order valence-electron chi connectivity index (χ2n) is 4.94. The molecule has 1 rings (SSSR count). The lowest BCUT2D eigenvalue weighted by Gasteiger charge is -2.42. The van der Waals surface area contributed by atoms with E-state index in [1.165, 1.54) is 6.26 Å². The van der Waals surface area contributed by atoms with Crippen molar-refractivity contribution in [1.82, 2.24) is 0 Å². The summed E-state index contributed by atoms with van der Waals surface area (Å²) in [5.41, 5.74) is -5.45. The van der Waals surface area contributed by atoms with Gasteiger partial charge in [0.1, 0.15) is 5.78 Å². The zero-order valence-corrected chi connectivity index (χ0v) is 13.0. The first-order chi connectivity index (χ1) is 9.03. The van der Waals surface area contributed by atoms with Gasteiger partial charge >= 0.3 is 15.6 Å². The molecule has 0 N–H and O–H groups in total. The van der Waals surface area contributed by atoms with Gasteiger partial charge in [-0.15, -0.1) is 10.3 Å². The number of rotatable bonds is 5. The number of alkyl halides is 3. The molecule has 0 bridgehead atoms. The zero-order chi connectivity index (χ0) is 15.6. The monoisotopic (exact) mass is 336 g/mol. The van der Waals surface area contributed by atoms with Crippen molar-refractivity contribution < 1.29 is 30.0 Å². The fourth-order valence-electron chi connectivity index (χ4n) is 2.35. The van der Waals surface area contributed by atoms with Crippen molar-refractivity contribution in [1.29, 1.82) is 0 Å². The molecule has 0 aliphatic heterocycles. The molecule has 120 valence electrons. The molecule has 0 aromatic carbocycles. The van der Waals surface area contributed by atoms with E-state index in [1.807, 2.05) is 0 Å². The summed E-state index contributed by atoms with van der Waals surface area (Å²) in [6.45, 7) is 1.72. The summed E-state index contributed by atoms with van der Waals surface area (Å²) in [4.78, 5) is 11.9. The minimum absolute atomic E-state index is 0.165. The van der Waals surface area contributed by atoms with Crippen molar-refractivity contribution in [2.45, 2.75) is 49.8 Å². The molecule has 20 heavy (non-hydrogen) atoms. The molecule has 1 fully saturated rings. The Balaban J connectivity index is 3.06. The van der Waals surface area contributed by atoms with Crippen LogP contribution >= 0.6 is 10.3 Å². The van der Waals surface area contributed by atoms with Crippen LogP contribution in [0.3, 0.4) is 0 Å². The summed E-state index contributed by atoms with van der Waals surface area (Å²) in [6, 6.07) is 0. The van der Waals surface area contributed by atoms with Gasteiger partial charge in [0, 0.05) is 12.2 Å². The van der Waals surface area contributed by atoms with Gasteiger partial charge in [0.15, 0.2) is 0 Å². The largest absolute Gasteiger partial charge is 0.523 e. The lowest BCUT2D eigenvalue weighted by molar-refractivity contribution is -0.119. The van der Waals surface area contributed by atoms with Crippen LogP contribution in [0.4, 0.5) is 13.2 Å². The molecular weight excluding hydrogens is 317 g/mol. The Morgan fingerprint density at radius 1 is 1.30 bits per heavy atom. The quantitative estimate of drug-likeness (QED) is 0.724. The van der Waals surface area contributed by atoms with E-state index in [4.69, 9.17) is 0 Å². The van der Waals surface area contributed by atoms with Crippen molar-refractivity contribution >= 4 is 26.2 Å². The molecule has 0 heterocycles. The molecule has 2 unspecified atom stereocenters. The normalized spacial score (nSPS) is 26.1. The first-order valence-corrected chi connectivity index (χ1v) is 9.94. The van der Waals surface area contributed by atoms with Crippen LogP contribution in [0.5, 0.6) is 0 Å². The highest BCUT2D eigenvalue weighted by molar-refractivity contribution is 8.33. The summed E-state index contributed by atoms with van der Waals surface area (Å²) in [5, 5.41) is -0.715. The number of ketones is 1. The maximum Gasteiger partial charge on any atom is 0.523 e. The predicted molar refractivity (Wildman–Crippen MR) is 72.0 cm³/mol. The van der Waals surface area contributed by atoms with E-state index in [0.29, 0.717) is 25.7 Å². The number of carbonyl (C=O) groups is 1. The van der Waals surface area contributed by atoms with Gasteiger partial charge in [-0.2, -0.15) is 21.6 Å². The second-order valence-corrected chi connectivity index (χ2v) is 9.98. The van der Waals surface area contributed by atoms with Crippen LogP contribution in [0.25, 0.3) is 0 Å². The third-order valence-electron chi connectivity index (χ3n) is 3.24. The average Bonchev–Trinajstić information content (AvgIpc) is 2.27. The lowest BCUT2D eigenvalue weighted by atomic mass is 9.99. The van der Waals surface area contributed by atoms with E-state index in [-0.39, 0.29) is 18.0 Å². The third kappa shape index (κ3) is 3.88. The minimum atomic E-state index is -5.67. The summed E-state index contributed by atoms with van der Waals surface area (Å²) < 4.78 is 64.5. The average molecular weight is 336 g/mol. The van der Waals surface area contributed by atoms with Crippen LogP contribution in [-0.4, -0.2) is 37.0 Å². The highest BCUT2D eigenvalue weighted by atomic mass is 32.3.